The van der Waals surface area contributed by atoms with Crippen molar-refractivity contribution in [2.24, 2.45) is 0 Å². The average molecular weight is 265 g/mol. The Hall–Kier alpha value is -1.69. The van der Waals surface area contributed by atoms with Gasteiger partial charge in [-0.2, -0.15) is 0 Å². The summed E-state index contributed by atoms with van der Waals surface area (Å²) in [4.78, 5) is 24.1. The molecule has 3 aliphatic rings. The van der Waals surface area contributed by atoms with Gasteiger partial charge in [-0.3, -0.25) is 9.59 Å². The fourth-order valence-electron chi connectivity index (χ4n) is 2.45. The van der Waals surface area contributed by atoms with E-state index in [-0.39, 0.29) is 34.3 Å². The summed E-state index contributed by atoms with van der Waals surface area (Å²) in [5, 5.41) is 2.75. The molecule has 0 aromatic heterocycles. The van der Waals surface area contributed by atoms with Crippen molar-refractivity contribution < 1.29 is 18.0 Å². The molecular weight excluding hydrogens is 254 g/mol. The summed E-state index contributed by atoms with van der Waals surface area (Å²) < 4.78 is 23.9. The van der Waals surface area contributed by atoms with E-state index in [1.807, 2.05) is 0 Å². The van der Waals surface area contributed by atoms with Crippen LogP contribution >= 0.6 is 0 Å². The van der Waals surface area contributed by atoms with E-state index in [0.29, 0.717) is 18.4 Å². The second-order valence-electron chi connectivity index (χ2n) is 4.42. The Balaban J connectivity index is 2.29. The molecule has 0 amide bonds. The second kappa shape index (κ2) is 3.65. The van der Waals surface area contributed by atoms with Crippen molar-refractivity contribution >= 4 is 21.4 Å². The number of ketones is 2. The predicted octanol–water partition coefficient (Wildman–Crippen LogP) is 0.0144. The van der Waals surface area contributed by atoms with Crippen LogP contribution in [0.5, 0.6) is 0 Å². The lowest BCUT2D eigenvalue weighted by Gasteiger charge is -2.28. The number of carbonyl (C=O) groups is 2. The number of Topliss-reactive ketones (excluding diaryl/α,β-unsaturated/α-hetero) is 2. The Morgan fingerprint density at radius 1 is 1.00 bits per heavy atom. The van der Waals surface area contributed by atoms with Crippen molar-refractivity contribution in [1.82, 2.24) is 5.32 Å². The van der Waals surface area contributed by atoms with E-state index in [1.165, 1.54) is 0 Å². The molecule has 0 unspecified atom stereocenters. The largest absolute Gasteiger partial charge is 0.380 e. The number of hydrogen-bond donors (Lipinski definition) is 1. The molecule has 0 bridgehead atoms. The monoisotopic (exact) mass is 265 g/mol. The van der Waals surface area contributed by atoms with Gasteiger partial charge in [-0.1, -0.05) is 12.2 Å². The van der Waals surface area contributed by atoms with E-state index < -0.39 is 15.6 Å². The molecule has 2 aliphatic carbocycles. The number of sulfone groups is 1. The molecule has 0 saturated heterocycles. The highest BCUT2D eigenvalue weighted by atomic mass is 32.2. The van der Waals surface area contributed by atoms with Gasteiger partial charge in [-0.15, -0.1) is 0 Å². The molecule has 0 radical (unpaired) electrons. The van der Waals surface area contributed by atoms with Crippen LogP contribution in [0.15, 0.2) is 33.9 Å². The molecule has 0 aromatic rings. The van der Waals surface area contributed by atoms with E-state index in [1.54, 1.807) is 12.2 Å². The van der Waals surface area contributed by atoms with Crippen molar-refractivity contribution in [3.63, 3.8) is 0 Å². The summed E-state index contributed by atoms with van der Waals surface area (Å²) in [5.41, 5.74) is 0.545. The number of allylic oxidation sites excluding steroid dienone is 5. The van der Waals surface area contributed by atoms with Gasteiger partial charge in [0, 0.05) is 17.7 Å². The highest BCUT2D eigenvalue weighted by Gasteiger charge is 2.43. The Labute approximate surface area is 104 Å². The molecule has 6 heteroatoms. The normalized spacial score (nSPS) is 25.8. The minimum absolute atomic E-state index is 0.0449. The second-order valence-corrected chi connectivity index (χ2v) is 6.47. The van der Waals surface area contributed by atoms with Gasteiger partial charge < -0.3 is 5.32 Å². The van der Waals surface area contributed by atoms with Crippen LogP contribution in [0.4, 0.5) is 0 Å². The fourth-order valence-corrected chi connectivity index (χ4v) is 3.89. The standard InChI is InChI=1S/C12H11NO4S/c14-10-7-3-1-2-4-8(7)11(15)12-9(10)13-5-6-18(12,16)17/h3-4,13H,1-2,5-6H2. The molecule has 0 fully saturated rings. The van der Waals surface area contributed by atoms with Gasteiger partial charge >= 0.3 is 0 Å². The summed E-state index contributed by atoms with van der Waals surface area (Å²) in [6.07, 6.45) is 4.73. The van der Waals surface area contributed by atoms with E-state index in [0.717, 1.165) is 0 Å². The van der Waals surface area contributed by atoms with Crippen LogP contribution in [0.2, 0.25) is 0 Å². The first-order valence-electron chi connectivity index (χ1n) is 5.73. The fraction of sp³-hybridized carbons (Fsp3) is 0.333. The van der Waals surface area contributed by atoms with E-state index in [9.17, 15) is 18.0 Å². The van der Waals surface area contributed by atoms with Gasteiger partial charge in [-0.05, 0) is 12.8 Å². The predicted molar refractivity (Wildman–Crippen MR) is 64.2 cm³/mol. The maximum atomic E-state index is 12.2. The number of nitrogens with one attached hydrogen (secondary N) is 1. The van der Waals surface area contributed by atoms with Gasteiger partial charge in [0.1, 0.15) is 10.6 Å². The zero-order valence-corrected chi connectivity index (χ0v) is 10.3. The third-order valence-electron chi connectivity index (χ3n) is 3.29. The molecule has 1 N–H and O–H groups in total. The molecule has 3 rings (SSSR count). The smallest absolute Gasteiger partial charge is 0.210 e. The first-order valence-corrected chi connectivity index (χ1v) is 7.38. The average Bonchev–Trinajstić information content (AvgIpc) is 2.35. The Morgan fingerprint density at radius 3 is 2.28 bits per heavy atom. The van der Waals surface area contributed by atoms with Gasteiger partial charge in [0.15, 0.2) is 9.84 Å². The lowest BCUT2D eigenvalue weighted by Crippen LogP contribution is -2.42. The maximum Gasteiger partial charge on any atom is 0.210 e. The molecule has 5 nitrogen and oxygen atoms in total. The molecule has 0 atom stereocenters. The lowest BCUT2D eigenvalue weighted by atomic mass is 9.85. The SMILES string of the molecule is O=C1C2=CCCC=C2C(=O)C2=C1NCCS2(=O)=O. The number of rotatable bonds is 0. The lowest BCUT2D eigenvalue weighted by molar-refractivity contribution is -0.116. The van der Waals surface area contributed by atoms with Crippen molar-refractivity contribution in [3.8, 4) is 0 Å². The van der Waals surface area contributed by atoms with E-state index >= 15 is 0 Å². The summed E-state index contributed by atoms with van der Waals surface area (Å²) in [5.74, 6) is -1.06. The summed E-state index contributed by atoms with van der Waals surface area (Å²) >= 11 is 0. The Bertz CT molecular complexity index is 664. The van der Waals surface area contributed by atoms with Crippen molar-refractivity contribution in [2.45, 2.75) is 12.8 Å². The zero-order chi connectivity index (χ0) is 12.9. The maximum absolute atomic E-state index is 12.2. The van der Waals surface area contributed by atoms with Crippen LogP contribution in [0.25, 0.3) is 0 Å². The molecular formula is C12H11NO4S. The minimum atomic E-state index is -3.64. The first-order chi connectivity index (χ1) is 8.52. The quantitative estimate of drug-likeness (QED) is 0.667. The van der Waals surface area contributed by atoms with Crippen LogP contribution < -0.4 is 5.32 Å². The van der Waals surface area contributed by atoms with Gasteiger partial charge in [0.05, 0.1) is 5.75 Å². The summed E-state index contributed by atoms with van der Waals surface area (Å²) in [6.45, 7) is 0.173. The van der Waals surface area contributed by atoms with Gasteiger partial charge in [0.2, 0.25) is 11.6 Å². The highest BCUT2D eigenvalue weighted by molar-refractivity contribution is 7.96. The van der Waals surface area contributed by atoms with Crippen LogP contribution in [0.3, 0.4) is 0 Å². The van der Waals surface area contributed by atoms with Crippen LogP contribution in [-0.2, 0) is 19.4 Å². The Morgan fingerprint density at radius 2 is 1.61 bits per heavy atom. The molecule has 0 aromatic carbocycles. The number of carbonyl (C=O) groups excluding carboxylic acids is 2. The highest BCUT2D eigenvalue weighted by Crippen LogP contribution is 2.34. The molecule has 18 heavy (non-hydrogen) atoms. The third kappa shape index (κ3) is 1.42. The molecule has 94 valence electrons. The third-order valence-corrected chi connectivity index (χ3v) is 5.04. The number of hydrogen-bond acceptors (Lipinski definition) is 5. The molecule has 0 spiro atoms. The zero-order valence-electron chi connectivity index (χ0n) is 9.52. The van der Waals surface area contributed by atoms with Crippen molar-refractivity contribution in [3.05, 3.63) is 33.9 Å². The minimum Gasteiger partial charge on any atom is -0.380 e. The van der Waals surface area contributed by atoms with Crippen LogP contribution in [-0.4, -0.2) is 32.3 Å². The van der Waals surface area contributed by atoms with Crippen LogP contribution in [0, 0.1) is 0 Å². The van der Waals surface area contributed by atoms with Crippen LogP contribution in [0.1, 0.15) is 12.8 Å². The molecule has 0 saturated carbocycles. The summed E-state index contributed by atoms with van der Waals surface area (Å²) in [6, 6.07) is 0. The summed E-state index contributed by atoms with van der Waals surface area (Å²) in [7, 11) is -3.64. The van der Waals surface area contributed by atoms with Crippen molar-refractivity contribution in [2.75, 3.05) is 12.3 Å². The van der Waals surface area contributed by atoms with E-state index in [4.69, 9.17) is 0 Å². The van der Waals surface area contributed by atoms with Crippen molar-refractivity contribution in [1.29, 1.82) is 0 Å². The molecule has 1 aliphatic heterocycles. The Kier molecular flexibility index (Phi) is 2.31. The topological polar surface area (TPSA) is 80.3 Å². The van der Waals surface area contributed by atoms with Gasteiger partial charge in [-0.25, -0.2) is 8.42 Å². The first kappa shape index (κ1) is 11.4. The van der Waals surface area contributed by atoms with E-state index in [2.05, 4.69) is 5.32 Å². The molecule has 1 heterocycles. The number of fused-ring (bicyclic) bond motifs is 1. The van der Waals surface area contributed by atoms with Gasteiger partial charge in [0.25, 0.3) is 0 Å².